The molecule has 0 aliphatic rings. The average molecular weight is 255 g/mol. The van der Waals surface area contributed by atoms with Crippen molar-refractivity contribution in [3.05, 3.63) is 71.3 Å². The summed E-state index contributed by atoms with van der Waals surface area (Å²) in [5, 5.41) is 0. The molecule has 0 bridgehead atoms. The molecule has 0 unspecified atom stereocenters. The van der Waals surface area contributed by atoms with Crippen molar-refractivity contribution in [3.8, 4) is 0 Å². The molecule has 98 valence electrons. The minimum absolute atomic E-state index is 0.201. The molecule has 19 heavy (non-hydrogen) atoms. The third-order valence-corrected chi connectivity index (χ3v) is 2.89. The van der Waals surface area contributed by atoms with Crippen molar-refractivity contribution in [3.63, 3.8) is 0 Å². The molecule has 0 saturated carbocycles. The second-order valence-corrected chi connectivity index (χ2v) is 4.22. The lowest BCUT2D eigenvalue weighted by Crippen LogP contribution is -2.24. The summed E-state index contributed by atoms with van der Waals surface area (Å²) in [6.07, 6.45) is 0.822. The van der Waals surface area contributed by atoms with Gasteiger partial charge in [0.1, 0.15) is 0 Å². The molecule has 1 amide bonds. The Labute approximate surface area is 113 Å². The summed E-state index contributed by atoms with van der Waals surface area (Å²) in [5.41, 5.74) is 5.19. The highest BCUT2D eigenvalue weighted by atomic mass is 16.6. The number of rotatable bonds is 5. The van der Waals surface area contributed by atoms with Crippen LogP contribution in [-0.4, -0.2) is 5.91 Å². The van der Waals surface area contributed by atoms with Crippen LogP contribution in [0.5, 0.6) is 0 Å². The first-order valence-electron chi connectivity index (χ1n) is 6.35. The largest absolute Gasteiger partial charge is 0.275 e. The highest BCUT2D eigenvalue weighted by Gasteiger charge is 2.09. The molecule has 2 aromatic rings. The van der Waals surface area contributed by atoms with Crippen LogP contribution in [0, 0.1) is 0 Å². The van der Waals surface area contributed by atoms with Gasteiger partial charge in [-0.3, -0.25) is 9.63 Å². The highest BCUT2D eigenvalue weighted by molar-refractivity contribution is 5.94. The third-order valence-electron chi connectivity index (χ3n) is 2.89. The fourth-order valence-corrected chi connectivity index (χ4v) is 1.86. The van der Waals surface area contributed by atoms with Gasteiger partial charge in [-0.15, -0.1) is 0 Å². The molecule has 0 aromatic heterocycles. The first-order chi connectivity index (χ1) is 9.31. The minimum Gasteiger partial charge on any atom is -0.269 e. The smallest absolute Gasteiger partial charge is 0.269 e. The van der Waals surface area contributed by atoms with Gasteiger partial charge in [-0.2, -0.15) is 0 Å². The zero-order valence-corrected chi connectivity index (χ0v) is 10.9. The van der Waals surface area contributed by atoms with Crippen LogP contribution in [0.3, 0.4) is 0 Å². The summed E-state index contributed by atoms with van der Waals surface area (Å²) in [5.74, 6) is -0.201. The highest BCUT2D eigenvalue weighted by Crippen LogP contribution is 2.09. The number of nitrogens with one attached hydrogen (secondary N) is 1. The zero-order chi connectivity index (χ0) is 13.5. The monoisotopic (exact) mass is 255 g/mol. The summed E-state index contributed by atoms with van der Waals surface area (Å²) < 4.78 is 0. The SMILES string of the molecule is CCc1ccccc1C(=O)NOCc1ccccc1. The van der Waals surface area contributed by atoms with Crippen LogP contribution >= 0.6 is 0 Å². The summed E-state index contributed by atoms with van der Waals surface area (Å²) in [6, 6.07) is 17.3. The van der Waals surface area contributed by atoms with Crippen LogP contribution in [0.15, 0.2) is 54.6 Å². The fraction of sp³-hybridized carbons (Fsp3) is 0.188. The van der Waals surface area contributed by atoms with Crippen LogP contribution < -0.4 is 5.48 Å². The maximum Gasteiger partial charge on any atom is 0.275 e. The number of hydrogen-bond acceptors (Lipinski definition) is 2. The Bertz CT molecular complexity index is 537. The van der Waals surface area contributed by atoms with E-state index >= 15 is 0 Å². The summed E-state index contributed by atoms with van der Waals surface area (Å²) >= 11 is 0. The van der Waals surface area contributed by atoms with Crippen molar-refractivity contribution in [2.75, 3.05) is 0 Å². The van der Waals surface area contributed by atoms with E-state index in [1.165, 1.54) is 0 Å². The van der Waals surface area contributed by atoms with Gasteiger partial charge >= 0.3 is 0 Å². The van der Waals surface area contributed by atoms with E-state index in [-0.39, 0.29) is 5.91 Å². The second-order valence-electron chi connectivity index (χ2n) is 4.22. The normalized spacial score (nSPS) is 10.2. The van der Waals surface area contributed by atoms with Crippen molar-refractivity contribution < 1.29 is 9.63 Å². The van der Waals surface area contributed by atoms with Gasteiger partial charge in [-0.1, -0.05) is 55.5 Å². The molecule has 0 atom stereocenters. The second kappa shape index (κ2) is 6.71. The quantitative estimate of drug-likeness (QED) is 0.834. The molecule has 0 fully saturated rings. The van der Waals surface area contributed by atoms with Crippen molar-refractivity contribution in [2.24, 2.45) is 0 Å². The molecule has 0 radical (unpaired) electrons. The Balaban J connectivity index is 1.91. The number of carbonyl (C=O) groups is 1. The number of hydroxylamine groups is 1. The Morgan fingerprint density at radius 2 is 1.74 bits per heavy atom. The van der Waals surface area contributed by atoms with Crippen LogP contribution in [-0.2, 0) is 17.9 Å². The van der Waals surface area contributed by atoms with Crippen molar-refractivity contribution in [1.29, 1.82) is 0 Å². The summed E-state index contributed by atoms with van der Waals surface area (Å²) in [6.45, 7) is 2.39. The number of carbonyl (C=O) groups excluding carboxylic acids is 1. The van der Waals surface area contributed by atoms with E-state index in [4.69, 9.17) is 4.84 Å². The Kier molecular flexibility index (Phi) is 4.70. The van der Waals surface area contributed by atoms with E-state index in [1.807, 2.05) is 55.5 Å². The maximum absolute atomic E-state index is 12.0. The summed E-state index contributed by atoms with van der Waals surface area (Å²) in [4.78, 5) is 17.2. The zero-order valence-electron chi connectivity index (χ0n) is 10.9. The number of benzene rings is 2. The van der Waals surface area contributed by atoms with Crippen LogP contribution in [0.25, 0.3) is 0 Å². The molecule has 2 aromatic carbocycles. The van der Waals surface area contributed by atoms with E-state index in [1.54, 1.807) is 6.07 Å². The van der Waals surface area contributed by atoms with Gasteiger partial charge in [0.25, 0.3) is 5.91 Å². The molecular formula is C16H17NO2. The van der Waals surface area contributed by atoms with Gasteiger partial charge in [-0.25, -0.2) is 5.48 Å². The average Bonchev–Trinajstić information content (AvgIpc) is 2.48. The lowest BCUT2D eigenvalue weighted by atomic mass is 10.1. The first kappa shape index (κ1) is 13.3. The first-order valence-corrected chi connectivity index (χ1v) is 6.35. The van der Waals surface area contributed by atoms with E-state index in [2.05, 4.69) is 5.48 Å². The number of amides is 1. The lowest BCUT2D eigenvalue weighted by Gasteiger charge is -2.09. The van der Waals surface area contributed by atoms with Gasteiger partial charge in [0.05, 0.1) is 6.61 Å². The molecule has 0 aliphatic carbocycles. The minimum atomic E-state index is -0.201. The number of hydrogen-bond donors (Lipinski definition) is 1. The van der Waals surface area contributed by atoms with Gasteiger partial charge in [0, 0.05) is 5.56 Å². The van der Waals surface area contributed by atoms with Crippen LogP contribution in [0.1, 0.15) is 28.4 Å². The predicted octanol–water partition coefficient (Wildman–Crippen LogP) is 3.11. The molecular weight excluding hydrogens is 238 g/mol. The fourth-order valence-electron chi connectivity index (χ4n) is 1.86. The molecule has 2 rings (SSSR count). The molecule has 0 heterocycles. The standard InChI is InChI=1S/C16H17NO2/c1-2-14-10-6-7-11-15(14)16(18)17-19-12-13-8-4-3-5-9-13/h3-11H,2,12H2,1H3,(H,17,18). The van der Waals surface area contributed by atoms with Crippen molar-refractivity contribution in [1.82, 2.24) is 5.48 Å². The predicted molar refractivity (Wildman–Crippen MR) is 74.5 cm³/mol. The van der Waals surface area contributed by atoms with E-state index in [0.29, 0.717) is 12.2 Å². The van der Waals surface area contributed by atoms with Gasteiger partial charge in [-0.05, 0) is 23.6 Å². The third kappa shape index (κ3) is 3.66. The Morgan fingerprint density at radius 3 is 2.47 bits per heavy atom. The lowest BCUT2D eigenvalue weighted by molar-refractivity contribution is 0.0233. The van der Waals surface area contributed by atoms with E-state index < -0.39 is 0 Å². The van der Waals surface area contributed by atoms with E-state index in [0.717, 1.165) is 17.5 Å². The van der Waals surface area contributed by atoms with Crippen LogP contribution in [0.2, 0.25) is 0 Å². The van der Waals surface area contributed by atoms with E-state index in [9.17, 15) is 4.79 Å². The Morgan fingerprint density at radius 1 is 1.05 bits per heavy atom. The van der Waals surface area contributed by atoms with Crippen LogP contribution in [0.4, 0.5) is 0 Å². The van der Waals surface area contributed by atoms with Crippen molar-refractivity contribution in [2.45, 2.75) is 20.0 Å². The molecule has 0 saturated heterocycles. The van der Waals surface area contributed by atoms with Gasteiger partial charge < -0.3 is 0 Å². The topological polar surface area (TPSA) is 38.3 Å². The molecule has 3 heteroatoms. The molecule has 0 aliphatic heterocycles. The van der Waals surface area contributed by atoms with Crippen molar-refractivity contribution >= 4 is 5.91 Å². The number of aryl methyl sites for hydroxylation is 1. The van der Waals surface area contributed by atoms with Gasteiger partial charge in [0.15, 0.2) is 0 Å². The molecule has 0 spiro atoms. The Hall–Kier alpha value is -2.13. The summed E-state index contributed by atoms with van der Waals surface area (Å²) in [7, 11) is 0. The molecule has 1 N–H and O–H groups in total. The molecule has 3 nitrogen and oxygen atoms in total. The van der Waals surface area contributed by atoms with Gasteiger partial charge in [0.2, 0.25) is 0 Å². The maximum atomic E-state index is 12.0.